The lowest BCUT2D eigenvalue weighted by Crippen LogP contribution is -2.23. The van der Waals surface area contributed by atoms with Crippen molar-refractivity contribution in [2.45, 2.75) is 32.9 Å². The number of carbonyl (C=O) groups is 1. The van der Waals surface area contributed by atoms with Crippen LogP contribution in [0, 0.1) is 6.92 Å². The van der Waals surface area contributed by atoms with Crippen molar-refractivity contribution in [3.8, 4) is 5.75 Å². The summed E-state index contributed by atoms with van der Waals surface area (Å²) in [5.74, 6) is 0.738. The Balaban J connectivity index is 1.93. The van der Waals surface area contributed by atoms with Crippen LogP contribution in [0.2, 0.25) is 0 Å². The lowest BCUT2D eigenvalue weighted by molar-refractivity contribution is 0.104. The standard InChI is InChI=1S/C14H21N3O3/c1-3-6-15-8-12-13(5-4-10(2)17-12)19-9-11-7-16-14(18)20-11/h4-5,11,15H,3,6-9H2,1-2H3,(H,16,18). The van der Waals surface area contributed by atoms with Gasteiger partial charge in [-0.15, -0.1) is 0 Å². The van der Waals surface area contributed by atoms with Gasteiger partial charge in [0.15, 0.2) is 6.10 Å². The molecule has 1 aromatic rings. The number of hydrogen-bond donors (Lipinski definition) is 2. The smallest absolute Gasteiger partial charge is 0.407 e. The molecule has 2 rings (SSSR count). The van der Waals surface area contributed by atoms with Crippen LogP contribution >= 0.6 is 0 Å². The highest BCUT2D eigenvalue weighted by Gasteiger charge is 2.23. The normalized spacial score (nSPS) is 17.7. The Kier molecular flexibility index (Phi) is 5.17. The van der Waals surface area contributed by atoms with Gasteiger partial charge >= 0.3 is 6.09 Å². The molecule has 0 radical (unpaired) electrons. The molecule has 20 heavy (non-hydrogen) atoms. The number of carbonyl (C=O) groups excluding carboxylic acids is 1. The Hall–Kier alpha value is -1.82. The molecule has 2 N–H and O–H groups in total. The van der Waals surface area contributed by atoms with Gasteiger partial charge in [0, 0.05) is 12.2 Å². The number of pyridine rings is 1. The molecule has 0 bridgehead atoms. The van der Waals surface area contributed by atoms with Crippen molar-refractivity contribution < 1.29 is 14.3 Å². The minimum atomic E-state index is -0.384. The number of amides is 1. The van der Waals surface area contributed by atoms with E-state index in [1.807, 2.05) is 19.1 Å². The second kappa shape index (κ2) is 7.09. The van der Waals surface area contributed by atoms with Crippen molar-refractivity contribution in [1.29, 1.82) is 0 Å². The summed E-state index contributed by atoms with van der Waals surface area (Å²) >= 11 is 0. The van der Waals surface area contributed by atoms with E-state index in [1.54, 1.807) is 0 Å². The maximum Gasteiger partial charge on any atom is 0.407 e. The van der Waals surface area contributed by atoms with Crippen molar-refractivity contribution in [1.82, 2.24) is 15.6 Å². The van der Waals surface area contributed by atoms with E-state index < -0.39 is 0 Å². The molecule has 1 atom stereocenters. The molecule has 1 unspecified atom stereocenters. The second-order valence-corrected chi connectivity index (χ2v) is 4.79. The van der Waals surface area contributed by atoms with E-state index in [-0.39, 0.29) is 12.2 Å². The third-order valence-electron chi connectivity index (χ3n) is 2.96. The zero-order chi connectivity index (χ0) is 14.4. The molecule has 1 aromatic heterocycles. The van der Waals surface area contributed by atoms with Crippen LogP contribution in [0.3, 0.4) is 0 Å². The first kappa shape index (κ1) is 14.6. The average molecular weight is 279 g/mol. The summed E-state index contributed by atoms with van der Waals surface area (Å²) in [6.45, 7) is 6.52. The number of aromatic nitrogens is 1. The van der Waals surface area contributed by atoms with Gasteiger partial charge in [-0.05, 0) is 32.0 Å². The molecule has 0 aliphatic carbocycles. The average Bonchev–Trinajstić information content (AvgIpc) is 2.84. The zero-order valence-electron chi connectivity index (χ0n) is 11.9. The van der Waals surface area contributed by atoms with Crippen LogP contribution in [0.15, 0.2) is 12.1 Å². The summed E-state index contributed by atoms with van der Waals surface area (Å²) in [4.78, 5) is 15.4. The fourth-order valence-electron chi connectivity index (χ4n) is 1.95. The highest BCUT2D eigenvalue weighted by molar-refractivity contribution is 5.69. The van der Waals surface area contributed by atoms with E-state index in [0.717, 1.165) is 30.1 Å². The number of hydrogen-bond acceptors (Lipinski definition) is 5. The van der Waals surface area contributed by atoms with Crippen molar-refractivity contribution in [3.05, 3.63) is 23.5 Å². The van der Waals surface area contributed by atoms with Gasteiger partial charge in [-0.1, -0.05) is 6.92 Å². The van der Waals surface area contributed by atoms with E-state index in [4.69, 9.17) is 9.47 Å². The zero-order valence-corrected chi connectivity index (χ0v) is 11.9. The first-order valence-electron chi connectivity index (χ1n) is 6.93. The quantitative estimate of drug-likeness (QED) is 0.738. The monoisotopic (exact) mass is 279 g/mol. The Labute approximate surface area is 118 Å². The van der Waals surface area contributed by atoms with Crippen LogP contribution in [0.4, 0.5) is 4.79 Å². The van der Waals surface area contributed by atoms with Crippen LogP contribution in [0.1, 0.15) is 24.7 Å². The molecule has 1 amide bonds. The van der Waals surface area contributed by atoms with E-state index in [2.05, 4.69) is 22.5 Å². The fourth-order valence-corrected chi connectivity index (χ4v) is 1.95. The van der Waals surface area contributed by atoms with Crippen LogP contribution in [0.25, 0.3) is 0 Å². The fraction of sp³-hybridized carbons (Fsp3) is 0.571. The number of ether oxygens (including phenoxy) is 2. The number of aryl methyl sites for hydroxylation is 1. The molecule has 110 valence electrons. The van der Waals surface area contributed by atoms with Crippen molar-refractivity contribution in [2.24, 2.45) is 0 Å². The van der Waals surface area contributed by atoms with Gasteiger partial charge in [0.2, 0.25) is 0 Å². The topological polar surface area (TPSA) is 72.5 Å². The summed E-state index contributed by atoms with van der Waals surface area (Å²) in [6, 6.07) is 3.83. The van der Waals surface area contributed by atoms with Gasteiger partial charge in [-0.2, -0.15) is 0 Å². The van der Waals surface area contributed by atoms with Gasteiger partial charge in [-0.25, -0.2) is 4.79 Å². The molecule has 1 saturated heterocycles. The molecular weight excluding hydrogens is 258 g/mol. The summed E-state index contributed by atoms with van der Waals surface area (Å²) in [5, 5.41) is 5.92. The highest BCUT2D eigenvalue weighted by Crippen LogP contribution is 2.17. The van der Waals surface area contributed by atoms with Crippen LogP contribution < -0.4 is 15.4 Å². The molecule has 1 aliphatic rings. The summed E-state index contributed by atoms with van der Waals surface area (Å²) in [7, 11) is 0. The molecule has 0 saturated carbocycles. The van der Waals surface area contributed by atoms with Gasteiger partial charge in [-0.3, -0.25) is 4.98 Å². The maximum atomic E-state index is 10.9. The molecule has 1 aliphatic heterocycles. The third-order valence-corrected chi connectivity index (χ3v) is 2.96. The largest absolute Gasteiger partial charge is 0.488 e. The predicted molar refractivity (Wildman–Crippen MR) is 74.7 cm³/mol. The van der Waals surface area contributed by atoms with Crippen LogP contribution in [-0.4, -0.2) is 36.9 Å². The lowest BCUT2D eigenvalue weighted by Gasteiger charge is -2.14. The van der Waals surface area contributed by atoms with Gasteiger partial charge in [0.25, 0.3) is 0 Å². The van der Waals surface area contributed by atoms with E-state index in [9.17, 15) is 4.79 Å². The van der Waals surface area contributed by atoms with Crippen molar-refractivity contribution >= 4 is 6.09 Å². The number of rotatable bonds is 7. The van der Waals surface area contributed by atoms with Crippen molar-refractivity contribution in [3.63, 3.8) is 0 Å². The minimum absolute atomic E-state index is 0.236. The summed E-state index contributed by atoms with van der Waals surface area (Å²) < 4.78 is 10.8. The SMILES string of the molecule is CCCNCc1nc(C)ccc1OCC1CNC(=O)O1. The number of alkyl carbamates (subject to hydrolysis) is 1. The molecule has 2 heterocycles. The highest BCUT2D eigenvalue weighted by atomic mass is 16.6. The van der Waals surface area contributed by atoms with Crippen molar-refractivity contribution in [2.75, 3.05) is 19.7 Å². The van der Waals surface area contributed by atoms with Crippen LogP contribution in [0.5, 0.6) is 5.75 Å². The van der Waals surface area contributed by atoms with E-state index >= 15 is 0 Å². The molecule has 0 spiro atoms. The van der Waals surface area contributed by atoms with Gasteiger partial charge < -0.3 is 20.1 Å². The molecule has 6 nitrogen and oxygen atoms in total. The molecule has 6 heteroatoms. The number of nitrogens with zero attached hydrogens (tertiary/aromatic N) is 1. The van der Waals surface area contributed by atoms with Gasteiger partial charge in [0.1, 0.15) is 12.4 Å². The Morgan fingerprint density at radius 2 is 2.40 bits per heavy atom. The molecule has 1 fully saturated rings. The maximum absolute atomic E-state index is 10.9. The second-order valence-electron chi connectivity index (χ2n) is 4.79. The molecular formula is C14H21N3O3. The van der Waals surface area contributed by atoms with Gasteiger partial charge in [0.05, 0.1) is 12.2 Å². The molecule has 0 aromatic carbocycles. The summed E-state index contributed by atoms with van der Waals surface area (Å²) in [5.41, 5.74) is 1.84. The Morgan fingerprint density at radius 1 is 1.55 bits per heavy atom. The minimum Gasteiger partial charge on any atom is -0.488 e. The van der Waals surface area contributed by atoms with E-state index in [0.29, 0.717) is 19.7 Å². The first-order valence-corrected chi connectivity index (χ1v) is 6.93. The van der Waals surface area contributed by atoms with Crippen LogP contribution in [-0.2, 0) is 11.3 Å². The Morgan fingerprint density at radius 3 is 3.10 bits per heavy atom. The number of nitrogens with one attached hydrogen (secondary N) is 2. The Bertz CT molecular complexity index is 465. The lowest BCUT2D eigenvalue weighted by atomic mass is 10.2. The van der Waals surface area contributed by atoms with E-state index in [1.165, 1.54) is 0 Å². The first-order chi connectivity index (χ1) is 9.69. The third kappa shape index (κ3) is 4.09. The number of cyclic esters (lactones) is 1. The predicted octanol–water partition coefficient (Wildman–Crippen LogP) is 1.38. The summed E-state index contributed by atoms with van der Waals surface area (Å²) in [6.07, 6.45) is 0.455.